The molecule has 2 nitrogen and oxygen atoms in total. The van der Waals surface area contributed by atoms with Gasteiger partial charge in [-0.25, -0.2) is 13.8 Å². The van der Waals surface area contributed by atoms with E-state index in [1.54, 1.807) is 5.38 Å². The largest absolute Gasteiger partial charge is 0.243 e. The molecule has 0 N–H and O–H groups in total. The second-order valence-electron chi connectivity index (χ2n) is 3.35. The molecule has 0 aliphatic carbocycles. The standard InChI is InChI=1S/C13H6F2N2S/c14-6-13-17-12(8-18-13)2-1-9-3-10(7-16)5-11(15)4-9/h3-5,8H,6H2/i14-1. The van der Waals surface area contributed by atoms with Crippen molar-refractivity contribution >= 4 is 11.3 Å². The number of alkyl halides is 1. The van der Waals surface area contributed by atoms with E-state index in [0.29, 0.717) is 16.3 Å². The third kappa shape index (κ3) is 2.91. The molecule has 1 aromatic carbocycles. The molecule has 5 heteroatoms. The normalized spacial score (nSPS) is 9.39. The number of aromatic nitrogens is 1. The maximum atomic E-state index is 13.1. The van der Waals surface area contributed by atoms with Gasteiger partial charge in [-0.1, -0.05) is 5.92 Å². The third-order valence-electron chi connectivity index (χ3n) is 2.03. The summed E-state index contributed by atoms with van der Waals surface area (Å²) in [4.78, 5) is 3.92. The Labute approximate surface area is 107 Å². The van der Waals surface area contributed by atoms with Crippen molar-refractivity contribution < 1.29 is 8.78 Å². The highest BCUT2D eigenvalue weighted by molar-refractivity contribution is 7.09. The Morgan fingerprint density at radius 3 is 2.67 bits per heavy atom. The molecular weight excluding hydrogens is 253 g/mol. The van der Waals surface area contributed by atoms with Gasteiger partial charge in [-0.2, -0.15) is 5.26 Å². The molecule has 0 fully saturated rings. The summed E-state index contributed by atoms with van der Waals surface area (Å²) in [5.74, 6) is 4.88. The van der Waals surface area contributed by atoms with Crippen molar-refractivity contribution in [3.8, 4) is 17.9 Å². The van der Waals surface area contributed by atoms with Crippen LogP contribution in [0.5, 0.6) is 0 Å². The molecule has 0 amide bonds. The van der Waals surface area contributed by atoms with Gasteiger partial charge in [0.15, 0.2) is 0 Å². The van der Waals surface area contributed by atoms with Gasteiger partial charge in [-0.05, 0) is 24.1 Å². The van der Waals surface area contributed by atoms with Gasteiger partial charge in [-0.3, -0.25) is 0 Å². The summed E-state index contributed by atoms with van der Waals surface area (Å²) in [6.07, 6.45) is 0. The van der Waals surface area contributed by atoms with Gasteiger partial charge >= 0.3 is 0 Å². The van der Waals surface area contributed by atoms with Gasteiger partial charge < -0.3 is 0 Å². The van der Waals surface area contributed by atoms with E-state index >= 15 is 0 Å². The minimum atomic E-state index is -0.620. The average Bonchev–Trinajstić information content (AvgIpc) is 2.83. The fourth-order valence-corrected chi connectivity index (χ4v) is 1.87. The van der Waals surface area contributed by atoms with Gasteiger partial charge in [0.25, 0.3) is 0 Å². The van der Waals surface area contributed by atoms with Crippen molar-refractivity contribution in [2.75, 3.05) is 0 Å². The summed E-state index contributed by atoms with van der Waals surface area (Å²) in [5.41, 5.74) is 1.04. The third-order valence-corrected chi connectivity index (χ3v) is 2.84. The molecule has 0 aliphatic heterocycles. The number of nitrogens with zero attached hydrogens (tertiary/aromatic N) is 2. The molecular formula is C13H6F2N2S. The number of nitriles is 1. The number of benzene rings is 1. The van der Waals surface area contributed by atoms with E-state index in [0.717, 1.165) is 6.07 Å². The molecule has 0 atom stereocenters. The van der Waals surface area contributed by atoms with Crippen LogP contribution in [0.4, 0.5) is 8.78 Å². The molecule has 88 valence electrons. The second-order valence-corrected chi connectivity index (χ2v) is 4.29. The maximum absolute atomic E-state index is 13.1. The first-order valence-electron chi connectivity index (χ1n) is 4.94. The number of hydrogen-bond acceptors (Lipinski definition) is 3. The van der Waals surface area contributed by atoms with E-state index in [4.69, 9.17) is 5.26 Å². The zero-order valence-corrected chi connectivity index (χ0v) is 9.89. The van der Waals surface area contributed by atoms with Crippen molar-refractivity contribution in [2.24, 2.45) is 0 Å². The lowest BCUT2D eigenvalue weighted by Crippen LogP contribution is -1.83. The zero-order valence-electron chi connectivity index (χ0n) is 9.08. The first-order valence-corrected chi connectivity index (χ1v) is 5.82. The highest BCUT2D eigenvalue weighted by Crippen LogP contribution is 2.11. The molecule has 1 heterocycles. The summed E-state index contributed by atoms with van der Waals surface area (Å²) < 4.78 is 25.4. The van der Waals surface area contributed by atoms with E-state index in [1.165, 1.54) is 23.5 Å². The van der Waals surface area contributed by atoms with Crippen LogP contribution in [0.3, 0.4) is 0 Å². The number of halogens is 2. The van der Waals surface area contributed by atoms with E-state index < -0.39 is 12.5 Å². The van der Waals surface area contributed by atoms with Crippen molar-refractivity contribution in [2.45, 2.75) is 6.67 Å². The highest BCUT2D eigenvalue weighted by Gasteiger charge is 1.99. The molecule has 18 heavy (non-hydrogen) atoms. The smallest absolute Gasteiger partial charge is 0.141 e. The molecule has 0 bridgehead atoms. The molecule has 0 aliphatic rings. The van der Waals surface area contributed by atoms with Gasteiger partial charge in [0.05, 0.1) is 11.6 Å². The second kappa shape index (κ2) is 5.39. The fraction of sp³-hybridized carbons (Fsp3) is 0.0769. The summed E-state index contributed by atoms with van der Waals surface area (Å²) >= 11 is 1.18. The van der Waals surface area contributed by atoms with Crippen LogP contribution in [0.1, 0.15) is 21.8 Å². The quantitative estimate of drug-likeness (QED) is 0.738. The SMILES string of the molecule is N#Cc1cc(F)cc(C#Cc2csc(C[18F])n2)c1. The van der Waals surface area contributed by atoms with Gasteiger partial charge in [0.2, 0.25) is 0 Å². The molecule has 1 aromatic heterocycles. The van der Waals surface area contributed by atoms with Crippen LogP contribution in [0, 0.1) is 29.0 Å². The van der Waals surface area contributed by atoms with Crippen LogP contribution in [0.2, 0.25) is 0 Å². The van der Waals surface area contributed by atoms with Crippen LogP contribution in [-0.2, 0) is 6.67 Å². The lowest BCUT2D eigenvalue weighted by Gasteiger charge is -1.92. The Morgan fingerprint density at radius 1 is 1.22 bits per heavy atom. The first-order chi connectivity index (χ1) is 8.71. The molecule has 0 spiro atoms. The Bertz CT molecular complexity index is 674. The van der Waals surface area contributed by atoms with Gasteiger partial charge in [0, 0.05) is 10.9 Å². The van der Waals surface area contributed by atoms with Crippen LogP contribution in [-0.4, -0.2) is 4.98 Å². The van der Waals surface area contributed by atoms with Crippen LogP contribution >= 0.6 is 11.3 Å². The molecule has 0 radical (unpaired) electrons. The summed E-state index contributed by atoms with van der Waals surface area (Å²) in [7, 11) is 0. The molecule has 2 rings (SSSR count). The van der Waals surface area contributed by atoms with E-state index in [9.17, 15) is 8.78 Å². The monoisotopic (exact) mass is 259 g/mol. The summed E-state index contributed by atoms with van der Waals surface area (Å²) in [6.45, 7) is -0.620. The molecule has 0 saturated heterocycles. The Hall–Kier alpha value is -2.24. The Kier molecular flexibility index (Phi) is 3.66. The van der Waals surface area contributed by atoms with Crippen LogP contribution < -0.4 is 0 Å². The highest BCUT2D eigenvalue weighted by atomic mass is 32.1. The predicted molar refractivity (Wildman–Crippen MR) is 64.0 cm³/mol. The maximum Gasteiger partial charge on any atom is 0.141 e. The minimum Gasteiger partial charge on any atom is -0.243 e. The minimum absolute atomic E-state index is 0.210. The van der Waals surface area contributed by atoms with Crippen LogP contribution in [0.25, 0.3) is 0 Å². The Balaban J connectivity index is 2.29. The number of thiazole rings is 1. The first kappa shape index (κ1) is 12.2. The average molecular weight is 259 g/mol. The summed E-state index contributed by atoms with van der Waals surface area (Å²) in [5, 5.41) is 10.7. The van der Waals surface area contributed by atoms with Crippen molar-refractivity contribution in [1.29, 1.82) is 5.26 Å². The van der Waals surface area contributed by atoms with E-state index in [1.807, 2.05) is 6.07 Å². The van der Waals surface area contributed by atoms with Crippen molar-refractivity contribution in [1.82, 2.24) is 4.98 Å². The Morgan fingerprint density at radius 2 is 2.00 bits per heavy atom. The predicted octanol–water partition coefficient (Wildman–Crippen LogP) is 3.02. The van der Waals surface area contributed by atoms with Crippen molar-refractivity contribution in [3.05, 3.63) is 51.2 Å². The lowest BCUT2D eigenvalue weighted by atomic mass is 10.1. The molecule has 0 unspecified atom stereocenters. The number of rotatable bonds is 1. The molecule has 2 aromatic rings. The van der Waals surface area contributed by atoms with E-state index in [2.05, 4.69) is 16.8 Å². The number of hydrogen-bond donors (Lipinski definition) is 0. The van der Waals surface area contributed by atoms with Gasteiger partial charge in [0.1, 0.15) is 23.2 Å². The summed E-state index contributed by atoms with van der Waals surface area (Å²) in [6, 6.07) is 5.70. The fourth-order valence-electron chi connectivity index (χ4n) is 1.29. The topological polar surface area (TPSA) is 36.7 Å². The van der Waals surface area contributed by atoms with Gasteiger partial charge in [-0.15, -0.1) is 11.3 Å². The van der Waals surface area contributed by atoms with Crippen molar-refractivity contribution in [3.63, 3.8) is 0 Å². The molecule has 0 saturated carbocycles. The van der Waals surface area contributed by atoms with Crippen LogP contribution in [0.15, 0.2) is 23.6 Å². The lowest BCUT2D eigenvalue weighted by molar-refractivity contribution is 0.483. The van der Waals surface area contributed by atoms with E-state index in [-0.39, 0.29) is 5.56 Å². The zero-order chi connectivity index (χ0) is 13.0.